The van der Waals surface area contributed by atoms with E-state index in [2.05, 4.69) is 0 Å². The van der Waals surface area contributed by atoms with E-state index in [1.54, 1.807) is 36.2 Å². The fourth-order valence-electron chi connectivity index (χ4n) is 1.93. The average molecular weight is 275 g/mol. The van der Waals surface area contributed by atoms with E-state index in [1.165, 1.54) is 6.07 Å². The standard InChI is InChI=1S/C15H15F2N3/c1-20(9-11-5-3-7-13(16)14(11)17)12-6-2-4-10(8-12)15(18)19/h2-8H,9H2,1H3,(H3,18,19). The molecule has 2 aromatic rings. The zero-order chi connectivity index (χ0) is 14.7. The lowest BCUT2D eigenvalue weighted by Crippen LogP contribution is -2.19. The van der Waals surface area contributed by atoms with Crippen LogP contribution in [0.2, 0.25) is 0 Å². The largest absolute Gasteiger partial charge is 0.384 e. The van der Waals surface area contributed by atoms with E-state index in [0.29, 0.717) is 5.56 Å². The number of anilines is 1. The van der Waals surface area contributed by atoms with Crippen molar-refractivity contribution >= 4 is 11.5 Å². The Morgan fingerprint density at radius 2 is 1.90 bits per heavy atom. The molecule has 0 aromatic heterocycles. The molecule has 0 amide bonds. The molecule has 0 saturated carbocycles. The van der Waals surface area contributed by atoms with Crippen LogP contribution in [0.1, 0.15) is 11.1 Å². The molecule has 3 nitrogen and oxygen atoms in total. The minimum Gasteiger partial charge on any atom is -0.384 e. The third-order valence-electron chi connectivity index (χ3n) is 3.04. The van der Waals surface area contributed by atoms with Crippen LogP contribution in [0, 0.1) is 17.0 Å². The van der Waals surface area contributed by atoms with Gasteiger partial charge < -0.3 is 10.6 Å². The third kappa shape index (κ3) is 2.93. The maximum absolute atomic E-state index is 13.6. The van der Waals surface area contributed by atoms with Gasteiger partial charge in [-0.1, -0.05) is 24.3 Å². The lowest BCUT2D eigenvalue weighted by molar-refractivity contribution is 0.498. The molecular formula is C15H15F2N3. The molecule has 0 aliphatic heterocycles. The molecule has 2 aromatic carbocycles. The van der Waals surface area contributed by atoms with E-state index < -0.39 is 11.6 Å². The maximum atomic E-state index is 13.6. The van der Waals surface area contributed by atoms with Crippen molar-refractivity contribution in [1.29, 1.82) is 5.41 Å². The van der Waals surface area contributed by atoms with Crippen molar-refractivity contribution < 1.29 is 8.78 Å². The highest BCUT2D eigenvalue weighted by molar-refractivity contribution is 5.95. The van der Waals surface area contributed by atoms with Crippen LogP contribution < -0.4 is 10.6 Å². The summed E-state index contributed by atoms with van der Waals surface area (Å²) < 4.78 is 26.8. The molecule has 0 atom stereocenters. The zero-order valence-corrected chi connectivity index (χ0v) is 11.0. The van der Waals surface area contributed by atoms with Crippen molar-refractivity contribution in [2.75, 3.05) is 11.9 Å². The summed E-state index contributed by atoms with van der Waals surface area (Å²) in [6.45, 7) is 0.227. The van der Waals surface area contributed by atoms with Gasteiger partial charge in [0.05, 0.1) is 0 Å². The third-order valence-corrected chi connectivity index (χ3v) is 3.04. The number of amidine groups is 1. The minimum atomic E-state index is -0.853. The molecule has 0 bridgehead atoms. The van der Waals surface area contributed by atoms with E-state index in [-0.39, 0.29) is 17.9 Å². The Hall–Kier alpha value is -2.43. The number of nitrogens with one attached hydrogen (secondary N) is 1. The Morgan fingerprint density at radius 1 is 1.20 bits per heavy atom. The Labute approximate surface area is 116 Å². The van der Waals surface area contributed by atoms with Crippen LogP contribution in [0.15, 0.2) is 42.5 Å². The van der Waals surface area contributed by atoms with Crippen LogP contribution in [-0.4, -0.2) is 12.9 Å². The number of halogens is 2. The van der Waals surface area contributed by atoms with Crippen molar-refractivity contribution in [2.24, 2.45) is 5.73 Å². The topological polar surface area (TPSA) is 53.1 Å². The summed E-state index contributed by atoms with van der Waals surface area (Å²) in [6.07, 6.45) is 0. The molecule has 0 unspecified atom stereocenters. The molecule has 5 heteroatoms. The summed E-state index contributed by atoms with van der Waals surface area (Å²) in [7, 11) is 1.77. The van der Waals surface area contributed by atoms with Gasteiger partial charge in [0.2, 0.25) is 0 Å². The van der Waals surface area contributed by atoms with Crippen LogP contribution in [0.4, 0.5) is 14.5 Å². The molecule has 2 rings (SSSR count). The summed E-state index contributed by atoms with van der Waals surface area (Å²) in [6, 6.07) is 11.2. The van der Waals surface area contributed by atoms with Gasteiger partial charge in [0.15, 0.2) is 11.6 Å². The molecule has 0 saturated heterocycles. The molecule has 0 heterocycles. The van der Waals surface area contributed by atoms with Gasteiger partial charge in [-0.15, -0.1) is 0 Å². The molecule has 104 valence electrons. The molecule has 3 N–H and O–H groups in total. The number of rotatable bonds is 4. The lowest BCUT2D eigenvalue weighted by Gasteiger charge is -2.20. The SMILES string of the molecule is CN(Cc1cccc(F)c1F)c1cccc(C(=N)N)c1. The van der Waals surface area contributed by atoms with Gasteiger partial charge in [0, 0.05) is 30.4 Å². The molecule has 0 radical (unpaired) electrons. The van der Waals surface area contributed by atoms with Crippen molar-refractivity contribution in [2.45, 2.75) is 6.54 Å². The van der Waals surface area contributed by atoms with Gasteiger partial charge in [-0.3, -0.25) is 5.41 Å². The van der Waals surface area contributed by atoms with E-state index in [0.717, 1.165) is 11.8 Å². The highest BCUT2D eigenvalue weighted by Gasteiger charge is 2.10. The number of hydrogen-bond acceptors (Lipinski definition) is 2. The van der Waals surface area contributed by atoms with E-state index in [1.807, 2.05) is 6.07 Å². The quantitative estimate of drug-likeness (QED) is 0.666. The first-order chi connectivity index (χ1) is 9.49. The van der Waals surface area contributed by atoms with Crippen molar-refractivity contribution in [3.05, 3.63) is 65.2 Å². The predicted molar refractivity (Wildman–Crippen MR) is 75.9 cm³/mol. The molecule has 0 spiro atoms. The number of hydrogen-bond donors (Lipinski definition) is 2. The van der Waals surface area contributed by atoms with Gasteiger partial charge in [-0.05, 0) is 18.2 Å². The highest BCUT2D eigenvalue weighted by Crippen LogP contribution is 2.19. The summed E-state index contributed by atoms with van der Waals surface area (Å²) in [5.74, 6) is -1.72. The fourth-order valence-corrected chi connectivity index (χ4v) is 1.93. The van der Waals surface area contributed by atoms with E-state index in [4.69, 9.17) is 11.1 Å². The second-order valence-electron chi connectivity index (χ2n) is 4.53. The summed E-state index contributed by atoms with van der Waals surface area (Å²) in [5, 5.41) is 7.41. The van der Waals surface area contributed by atoms with Crippen LogP contribution in [-0.2, 0) is 6.54 Å². The lowest BCUT2D eigenvalue weighted by atomic mass is 10.1. The molecule has 0 aliphatic carbocycles. The average Bonchev–Trinajstić information content (AvgIpc) is 2.44. The first-order valence-corrected chi connectivity index (χ1v) is 6.07. The zero-order valence-electron chi connectivity index (χ0n) is 11.0. The maximum Gasteiger partial charge on any atom is 0.163 e. The van der Waals surface area contributed by atoms with Crippen molar-refractivity contribution in [1.82, 2.24) is 0 Å². The van der Waals surface area contributed by atoms with Gasteiger partial charge in [-0.2, -0.15) is 0 Å². The summed E-state index contributed by atoms with van der Waals surface area (Å²) >= 11 is 0. The van der Waals surface area contributed by atoms with Gasteiger partial charge in [-0.25, -0.2) is 8.78 Å². The molecular weight excluding hydrogens is 260 g/mol. The minimum absolute atomic E-state index is 0.0304. The summed E-state index contributed by atoms with van der Waals surface area (Å²) in [4.78, 5) is 1.77. The Balaban J connectivity index is 2.24. The second-order valence-corrected chi connectivity index (χ2v) is 4.53. The Kier molecular flexibility index (Phi) is 3.98. The van der Waals surface area contributed by atoms with Gasteiger partial charge in [0.25, 0.3) is 0 Å². The number of nitrogen functional groups attached to an aromatic ring is 1. The van der Waals surface area contributed by atoms with Crippen LogP contribution >= 0.6 is 0 Å². The molecule has 0 aliphatic rings. The second kappa shape index (κ2) is 5.69. The van der Waals surface area contributed by atoms with Crippen molar-refractivity contribution in [3.63, 3.8) is 0 Å². The van der Waals surface area contributed by atoms with Crippen LogP contribution in [0.5, 0.6) is 0 Å². The molecule has 0 fully saturated rings. The summed E-state index contributed by atoms with van der Waals surface area (Å²) in [5.41, 5.74) is 7.08. The van der Waals surface area contributed by atoms with Crippen LogP contribution in [0.25, 0.3) is 0 Å². The first-order valence-electron chi connectivity index (χ1n) is 6.07. The van der Waals surface area contributed by atoms with Crippen molar-refractivity contribution in [3.8, 4) is 0 Å². The Bertz CT molecular complexity index is 641. The van der Waals surface area contributed by atoms with E-state index >= 15 is 0 Å². The van der Waals surface area contributed by atoms with Gasteiger partial charge >= 0.3 is 0 Å². The number of nitrogens with two attached hydrogens (primary N) is 1. The monoisotopic (exact) mass is 275 g/mol. The molecule has 20 heavy (non-hydrogen) atoms. The predicted octanol–water partition coefficient (Wildman–Crippen LogP) is 2.89. The smallest absolute Gasteiger partial charge is 0.163 e. The Morgan fingerprint density at radius 3 is 2.60 bits per heavy atom. The normalized spacial score (nSPS) is 10.3. The number of nitrogens with zero attached hydrogens (tertiary/aromatic N) is 1. The van der Waals surface area contributed by atoms with E-state index in [9.17, 15) is 8.78 Å². The van der Waals surface area contributed by atoms with Gasteiger partial charge in [0.1, 0.15) is 5.84 Å². The fraction of sp³-hybridized carbons (Fsp3) is 0.133. The highest BCUT2D eigenvalue weighted by atomic mass is 19.2. The van der Waals surface area contributed by atoms with Crippen LogP contribution in [0.3, 0.4) is 0 Å². The number of benzene rings is 2. The first kappa shape index (κ1) is 14.0.